The summed E-state index contributed by atoms with van der Waals surface area (Å²) in [6, 6.07) is 3.02. The minimum atomic E-state index is 0.0258. The highest BCUT2D eigenvalue weighted by molar-refractivity contribution is 4.96. The number of likely N-dealkylation sites (tertiary alicyclic amines) is 1. The van der Waals surface area contributed by atoms with Gasteiger partial charge in [-0.15, -0.1) is 0 Å². The molecule has 2 aliphatic rings. The van der Waals surface area contributed by atoms with E-state index >= 15 is 0 Å². The summed E-state index contributed by atoms with van der Waals surface area (Å²) < 4.78 is 5.52. The number of nitrogens with zero attached hydrogens (tertiary/aromatic N) is 2. The van der Waals surface area contributed by atoms with Crippen LogP contribution in [0, 0.1) is 17.2 Å². The molecule has 0 amide bonds. The summed E-state index contributed by atoms with van der Waals surface area (Å²) in [5.74, 6) is 0.655. The Morgan fingerprint density at radius 1 is 1.44 bits per heavy atom. The molecule has 18 heavy (non-hydrogen) atoms. The zero-order valence-corrected chi connectivity index (χ0v) is 11.6. The molecule has 2 fully saturated rings. The van der Waals surface area contributed by atoms with E-state index in [0.717, 1.165) is 26.1 Å². The molecule has 1 aliphatic carbocycles. The number of piperidine rings is 1. The van der Waals surface area contributed by atoms with Crippen LogP contribution in [0.15, 0.2) is 0 Å². The Hall–Kier alpha value is -0.630. The molecular weight excluding hydrogens is 226 g/mol. The molecule has 1 saturated heterocycles. The maximum atomic E-state index is 9.12. The van der Waals surface area contributed by atoms with Crippen LogP contribution in [0.2, 0.25) is 0 Å². The lowest BCUT2D eigenvalue weighted by Crippen LogP contribution is -2.45. The van der Waals surface area contributed by atoms with E-state index in [1.54, 1.807) is 7.11 Å². The Morgan fingerprint density at radius 2 is 2.22 bits per heavy atom. The largest absolute Gasteiger partial charge is 0.380 e. The van der Waals surface area contributed by atoms with Crippen LogP contribution < -0.4 is 5.32 Å². The fourth-order valence-corrected chi connectivity index (χ4v) is 2.64. The first-order valence-electron chi connectivity index (χ1n) is 7.13. The third-order valence-corrected chi connectivity index (χ3v) is 4.18. The molecule has 0 bridgehead atoms. The van der Waals surface area contributed by atoms with Gasteiger partial charge < -0.3 is 9.64 Å². The summed E-state index contributed by atoms with van der Waals surface area (Å²) in [4.78, 5) is 2.44. The SMILES string of the molecule is COC1CN(CCC(C#N)NC2CC2)CCC1C. The van der Waals surface area contributed by atoms with Gasteiger partial charge in [-0.2, -0.15) is 5.26 Å². The van der Waals surface area contributed by atoms with Crippen molar-refractivity contribution < 1.29 is 4.74 Å². The molecule has 0 aromatic heterocycles. The minimum absolute atomic E-state index is 0.0258. The Morgan fingerprint density at radius 3 is 2.83 bits per heavy atom. The number of hydrogen-bond acceptors (Lipinski definition) is 4. The van der Waals surface area contributed by atoms with E-state index in [1.807, 2.05) is 0 Å². The zero-order chi connectivity index (χ0) is 13.0. The summed E-state index contributed by atoms with van der Waals surface area (Å²) in [5, 5.41) is 12.5. The van der Waals surface area contributed by atoms with Crippen molar-refractivity contribution in [2.24, 2.45) is 5.92 Å². The molecule has 4 nitrogen and oxygen atoms in total. The second-order valence-electron chi connectivity index (χ2n) is 5.75. The van der Waals surface area contributed by atoms with Gasteiger partial charge in [-0.05, 0) is 38.1 Å². The molecule has 1 aliphatic heterocycles. The molecule has 102 valence electrons. The quantitative estimate of drug-likeness (QED) is 0.775. The molecule has 0 radical (unpaired) electrons. The molecule has 1 saturated carbocycles. The molecule has 1 N–H and O–H groups in total. The normalized spacial score (nSPS) is 30.9. The van der Waals surface area contributed by atoms with E-state index in [0.29, 0.717) is 18.1 Å². The molecule has 0 aromatic rings. The molecular formula is C14H25N3O. The van der Waals surface area contributed by atoms with Gasteiger partial charge in [0.25, 0.3) is 0 Å². The van der Waals surface area contributed by atoms with Crippen molar-refractivity contribution in [3.8, 4) is 6.07 Å². The summed E-state index contributed by atoms with van der Waals surface area (Å²) >= 11 is 0. The molecule has 1 heterocycles. The van der Waals surface area contributed by atoms with Crippen molar-refractivity contribution in [3.05, 3.63) is 0 Å². The summed E-state index contributed by atoms with van der Waals surface area (Å²) in [6.07, 6.45) is 4.97. The number of nitrogens with one attached hydrogen (secondary N) is 1. The van der Waals surface area contributed by atoms with Crippen LogP contribution in [-0.4, -0.2) is 49.8 Å². The fraction of sp³-hybridized carbons (Fsp3) is 0.929. The lowest BCUT2D eigenvalue weighted by atomic mass is 9.95. The molecule has 0 aromatic carbocycles. The first-order chi connectivity index (χ1) is 8.72. The Bertz CT molecular complexity index is 298. The van der Waals surface area contributed by atoms with Gasteiger partial charge >= 0.3 is 0 Å². The standard InChI is InChI=1S/C14H25N3O/c1-11-5-7-17(10-14(11)18-2)8-6-13(9-15)16-12-3-4-12/h11-14,16H,3-8,10H2,1-2H3. The average Bonchev–Trinajstić information content (AvgIpc) is 3.20. The zero-order valence-electron chi connectivity index (χ0n) is 11.6. The van der Waals surface area contributed by atoms with Crippen LogP contribution >= 0.6 is 0 Å². The van der Waals surface area contributed by atoms with Gasteiger partial charge in [0.05, 0.1) is 18.2 Å². The molecule has 0 spiro atoms. The number of ether oxygens (including phenoxy) is 1. The predicted octanol–water partition coefficient (Wildman–Crippen LogP) is 1.38. The summed E-state index contributed by atoms with van der Waals surface area (Å²) in [6.45, 7) is 5.42. The second-order valence-corrected chi connectivity index (χ2v) is 5.75. The highest BCUT2D eigenvalue weighted by Gasteiger charge is 2.27. The minimum Gasteiger partial charge on any atom is -0.380 e. The van der Waals surface area contributed by atoms with Crippen LogP contribution in [0.1, 0.15) is 32.6 Å². The lowest BCUT2D eigenvalue weighted by Gasteiger charge is -2.36. The third-order valence-electron chi connectivity index (χ3n) is 4.18. The maximum absolute atomic E-state index is 9.12. The van der Waals surface area contributed by atoms with Gasteiger partial charge in [-0.3, -0.25) is 5.32 Å². The third kappa shape index (κ3) is 3.94. The van der Waals surface area contributed by atoms with E-state index in [9.17, 15) is 0 Å². The lowest BCUT2D eigenvalue weighted by molar-refractivity contribution is -0.00545. The van der Waals surface area contributed by atoms with Gasteiger partial charge in [0.15, 0.2) is 0 Å². The van der Waals surface area contributed by atoms with Gasteiger partial charge in [0.2, 0.25) is 0 Å². The van der Waals surface area contributed by atoms with Gasteiger partial charge in [-0.25, -0.2) is 0 Å². The summed E-state index contributed by atoms with van der Waals surface area (Å²) in [5.41, 5.74) is 0. The summed E-state index contributed by atoms with van der Waals surface area (Å²) in [7, 11) is 1.80. The Labute approximate surface area is 110 Å². The van der Waals surface area contributed by atoms with E-state index in [4.69, 9.17) is 10.00 Å². The van der Waals surface area contributed by atoms with E-state index in [2.05, 4.69) is 23.2 Å². The Balaban J connectivity index is 1.70. The average molecular weight is 251 g/mol. The van der Waals surface area contributed by atoms with Crippen molar-refractivity contribution in [1.82, 2.24) is 10.2 Å². The first-order valence-corrected chi connectivity index (χ1v) is 7.13. The van der Waals surface area contributed by atoms with Gasteiger partial charge in [0.1, 0.15) is 0 Å². The second kappa shape index (κ2) is 6.51. The van der Waals surface area contributed by atoms with Crippen molar-refractivity contribution in [1.29, 1.82) is 5.26 Å². The number of methoxy groups -OCH3 is 1. The maximum Gasteiger partial charge on any atom is 0.0967 e. The van der Waals surface area contributed by atoms with Crippen molar-refractivity contribution in [2.45, 2.75) is 50.8 Å². The van der Waals surface area contributed by atoms with Crippen LogP contribution in [0.4, 0.5) is 0 Å². The van der Waals surface area contributed by atoms with Crippen LogP contribution in [0.3, 0.4) is 0 Å². The van der Waals surface area contributed by atoms with Gasteiger partial charge in [-0.1, -0.05) is 6.92 Å². The van der Waals surface area contributed by atoms with Crippen LogP contribution in [-0.2, 0) is 4.74 Å². The van der Waals surface area contributed by atoms with Gasteiger partial charge in [0, 0.05) is 26.2 Å². The van der Waals surface area contributed by atoms with Crippen LogP contribution in [0.5, 0.6) is 0 Å². The van der Waals surface area contributed by atoms with Crippen LogP contribution in [0.25, 0.3) is 0 Å². The number of nitriles is 1. The highest BCUT2D eigenvalue weighted by Crippen LogP contribution is 2.21. The molecule has 3 unspecified atom stereocenters. The molecule has 3 atom stereocenters. The fourth-order valence-electron chi connectivity index (χ4n) is 2.64. The number of rotatable bonds is 6. The van der Waals surface area contributed by atoms with Crippen molar-refractivity contribution >= 4 is 0 Å². The van der Waals surface area contributed by atoms with Crippen molar-refractivity contribution in [3.63, 3.8) is 0 Å². The molecule has 4 heteroatoms. The molecule has 2 rings (SSSR count). The van der Waals surface area contributed by atoms with E-state index in [1.165, 1.54) is 19.3 Å². The monoisotopic (exact) mass is 251 g/mol. The van der Waals surface area contributed by atoms with Crippen molar-refractivity contribution in [2.75, 3.05) is 26.7 Å². The number of hydrogen-bond donors (Lipinski definition) is 1. The topological polar surface area (TPSA) is 48.3 Å². The Kier molecular flexibility index (Phi) is 4.99. The highest BCUT2D eigenvalue weighted by atomic mass is 16.5. The predicted molar refractivity (Wildman–Crippen MR) is 71.2 cm³/mol. The van der Waals surface area contributed by atoms with E-state index in [-0.39, 0.29) is 6.04 Å². The smallest absolute Gasteiger partial charge is 0.0967 e. The first kappa shape index (κ1) is 13.8. The van der Waals surface area contributed by atoms with E-state index < -0.39 is 0 Å².